The molecule has 0 atom stereocenters. The monoisotopic (exact) mass is 284 g/mol. The van der Waals surface area contributed by atoms with Crippen LogP contribution in [-0.2, 0) is 11.3 Å². The lowest BCUT2D eigenvalue weighted by atomic mass is 10.1. The van der Waals surface area contributed by atoms with Gasteiger partial charge in [-0.05, 0) is 12.5 Å². The Morgan fingerprint density at radius 2 is 1.90 bits per heavy atom. The average Bonchev–Trinajstić information content (AvgIpc) is 2.55. The van der Waals surface area contributed by atoms with Gasteiger partial charge in [-0.2, -0.15) is 0 Å². The van der Waals surface area contributed by atoms with Crippen LogP contribution in [0.5, 0.6) is 0 Å². The topological polar surface area (TPSA) is 50.3 Å². The molecule has 1 aromatic carbocycles. The summed E-state index contributed by atoms with van der Waals surface area (Å²) in [6, 6.07) is 10.5. The molecule has 2 heterocycles. The molecule has 110 valence electrons. The minimum atomic E-state index is 0.760. The molecule has 0 saturated carbocycles. The van der Waals surface area contributed by atoms with Crippen molar-refractivity contribution in [3.8, 4) is 0 Å². The first-order chi connectivity index (χ1) is 10.3. The number of anilines is 2. The first kappa shape index (κ1) is 13.8. The molecule has 1 fully saturated rings. The number of morpholine rings is 1. The standard InChI is InChI=1S/C16H20N4O/c1-13-2-4-14(5-3-13)11-17-15-10-16(19-12-18-15)20-6-8-21-9-7-20/h2-5,10,12H,6-9,11H2,1H3,(H,17,18,19). The third kappa shape index (κ3) is 3.70. The van der Waals surface area contributed by atoms with E-state index in [0.29, 0.717) is 0 Å². The number of rotatable bonds is 4. The molecule has 0 aliphatic carbocycles. The van der Waals surface area contributed by atoms with Gasteiger partial charge in [-0.1, -0.05) is 29.8 Å². The highest BCUT2D eigenvalue weighted by molar-refractivity contribution is 5.48. The second kappa shape index (κ2) is 6.54. The van der Waals surface area contributed by atoms with Crippen LogP contribution in [0.3, 0.4) is 0 Å². The number of benzene rings is 1. The Labute approximate surface area is 125 Å². The number of nitrogens with zero attached hydrogens (tertiary/aromatic N) is 3. The van der Waals surface area contributed by atoms with E-state index in [1.165, 1.54) is 11.1 Å². The summed E-state index contributed by atoms with van der Waals surface area (Å²) in [5, 5.41) is 3.35. The summed E-state index contributed by atoms with van der Waals surface area (Å²) in [6.45, 7) is 6.14. The van der Waals surface area contributed by atoms with Crippen molar-refractivity contribution in [2.75, 3.05) is 36.5 Å². The van der Waals surface area contributed by atoms with Gasteiger partial charge in [-0.3, -0.25) is 0 Å². The van der Waals surface area contributed by atoms with E-state index in [2.05, 4.69) is 51.4 Å². The van der Waals surface area contributed by atoms with E-state index >= 15 is 0 Å². The van der Waals surface area contributed by atoms with Crippen LogP contribution in [0, 0.1) is 6.92 Å². The number of aryl methyl sites for hydroxylation is 1. The summed E-state index contributed by atoms with van der Waals surface area (Å²) in [4.78, 5) is 10.9. The molecule has 1 N–H and O–H groups in total. The van der Waals surface area contributed by atoms with Gasteiger partial charge in [-0.15, -0.1) is 0 Å². The minimum Gasteiger partial charge on any atom is -0.378 e. The molecular weight excluding hydrogens is 264 g/mol. The molecule has 0 bridgehead atoms. The second-order valence-electron chi connectivity index (χ2n) is 5.20. The Bertz CT molecular complexity index is 579. The van der Waals surface area contributed by atoms with E-state index in [1.807, 2.05) is 6.07 Å². The molecule has 1 saturated heterocycles. The van der Waals surface area contributed by atoms with E-state index < -0.39 is 0 Å². The van der Waals surface area contributed by atoms with Gasteiger partial charge in [0.05, 0.1) is 13.2 Å². The Balaban J connectivity index is 1.64. The lowest BCUT2D eigenvalue weighted by molar-refractivity contribution is 0.122. The third-order valence-electron chi connectivity index (χ3n) is 3.58. The van der Waals surface area contributed by atoms with Crippen LogP contribution in [0.2, 0.25) is 0 Å². The van der Waals surface area contributed by atoms with Crippen LogP contribution < -0.4 is 10.2 Å². The quantitative estimate of drug-likeness (QED) is 0.933. The number of aromatic nitrogens is 2. The maximum absolute atomic E-state index is 5.37. The molecule has 5 heteroatoms. The van der Waals surface area contributed by atoms with Crippen molar-refractivity contribution in [2.24, 2.45) is 0 Å². The minimum absolute atomic E-state index is 0.760. The van der Waals surface area contributed by atoms with Crippen LogP contribution in [0.15, 0.2) is 36.7 Å². The Hall–Kier alpha value is -2.14. The fourth-order valence-corrected chi connectivity index (χ4v) is 2.31. The van der Waals surface area contributed by atoms with Crippen LogP contribution in [0.25, 0.3) is 0 Å². The van der Waals surface area contributed by atoms with Gasteiger partial charge in [-0.25, -0.2) is 9.97 Å². The molecule has 3 rings (SSSR count). The lowest BCUT2D eigenvalue weighted by Gasteiger charge is -2.27. The highest BCUT2D eigenvalue weighted by Crippen LogP contribution is 2.16. The molecule has 1 aliphatic rings. The van der Waals surface area contributed by atoms with Gasteiger partial charge in [0.15, 0.2) is 0 Å². The van der Waals surface area contributed by atoms with Crippen LogP contribution in [-0.4, -0.2) is 36.3 Å². The number of hydrogen-bond donors (Lipinski definition) is 1. The summed E-state index contributed by atoms with van der Waals surface area (Å²) in [6.07, 6.45) is 1.61. The zero-order valence-corrected chi connectivity index (χ0v) is 12.2. The smallest absolute Gasteiger partial charge is 0.134 e. The summed E-state index contributed by atoms with van der Waals surface area (Å²) < 4.78 is 5.37. The normalized spacial score (nSPS) is 15.0. The number of hydrogen-bond acceptors (Lipinski definition) is 5. The van der Waals surface area contributed by atoms with E-state index in [9.17, 15) is 0 Å². The van der Waals surface area contributed by atoms with Gasteiger partial charge >= 0.3 is 0 Å². The van der Waals surface area contributed by atoms with E-state index in [-0.39, 0.29) is 0 Å². The molecule has 0 unspecified atom stereocenters. The third-order valence-corrected chi connectivity index (χ3v) is 3.58. The van der Waals surface area contributed by atoms with E-state index in [4.69, 9.17) is 4.74 Å². The fraction of sp³-hybridized carbons (Fsp3) is 0.375. The Morgan fingerprint density at radius 1 is 1.14 bits per heavy atom. The molecule has 1 aliphatic heterocycles. The van der Waals surface area contributed by atoms with Crippen LogP contribution in [0.1, 0.15) is 11.1 Å². The van der Waals surface area contributed by atoms with E-state index in [0.717, 1.165) is 44.5 Å². The molecule has 21 heavy (non-hydrogen) atoms. The largest absolute Gasteiger partial charge is 0.378 e. The summed E-state index contributed by atoms with van der Waals surface area (Å²) in [7, 11) is 0. The first-order valence-electron chi connectivity index (χ1n) is 7.25. The summed E-state index contributed by atoms with van der Waals surface area (Å²) in [5.74, 6) is 1.81. The van der Waals surface area contributed by atoms with Crippen LogP contribution in [0.4, 0.5) is 11.6 Å². The second-order valence-corrected chi connectivity index (χ2v) is 5.20. The molecule has 0 amide bonds. The predicted molar refractivity (Wildman–Crippen MR) is 83.6 cm³/mol. The SMILES string of the molecule is Cc1ccc(CNc2cc(N3CCOCC3)ncn2)cc1. The maximum atomic E-state index is 5.37. The molecule has 1 aromatic heterocycles. The van der Waals surface area contributed by atoms with Crippen molar-refractivity contribution < 1.29 is 4.74 Å². The zero-order chi connectivity index (χ0) is 14.5. The van der Waals surface area contributed by atoms with Crippen molar-refractivity contribution in [3.63, 3.8) is 0 Å². The molecule has 2 aromatic rings. The van der Waals surface area contributed by atoms with Crippen molar-refractivity contribution in [2.45, 2.75) is 13.5 Å². The van der Waals surface area contributed by atoms with Gasteiger partial charge in [0, 0.05) is 25.7 Å². The van der Waals surface area contributed by atoms with Crippen LogP contribution >= 0.6 is 0 Å². The highest BCUT2D eigenvalue weighted by atomic mass is 16.5. The molecule has 5 nitrogen and oxygen atoms in total. The fourth-order valence-electron chi connectivity index (χ4n) is 2.31. The first-order valence-corrected chi connectivity index (χ1v) is 7.25. The Kier molecular flexibility index (Phi) is 4.31. The zero-order valence-electron chi connectivity index (χ0n) is 12.2. The molecular formula is C16H20N4O. The van der Waals surface area contributed by atoms with Crippen molar-refractivity contribution in [3.05, 3.63) is 47.8 Å². The summed E-state index contributed by atoms with van der Waals surface area (Å²) >= 11 is 0. The predicted octanol–water partition coefficient (Wildman–Crippen LogP) is 2.23. The van der Waals surface area contributed by atoms with Gasteiger partial charge in [0.2, 0.25) is 0 Å². The summed E-state index contributed by atoms with van der Waals surface area (Å²) in [5.41, 5.74) is 2.52. The molecule has 0 radical (unpaired) electrons. The lowest BCUT2D eigenvalue weighted by Crippen LogP contribution is -2.36. The average molecular weight is 284 g/mol. The van der Waals surface area contributed by atoms with Crippen molar-refractivity contribution in [1.29, 1.82) is 0 Å². The Morgan fingerprint density at radius 3 is 2.67 bits per heavy atom. The van der Waals surface area contributed by atoms with E-state index in [1.54, 1.807) is 6.33 Å². The van der Waals surface area contributed by atoms with Crippen molar-refractivity contribution >= 4 is 11.6 Å². The maximum Gasteiger partial charge on any atom is 0.134 e. The highest BCUT2D eigenvalue weighted by Gasteiger charge is 2.12. The molecule has 0 spiro atoms. The van der Waals surface area contributed by atoms with Gasteiger partial charge < -0.3 is 15.0 Å². The number of nitrogens with one attached hydrogen (secondary N) is 1. The van der Waals surface area contributed by atoms with Gasteiger partial charge in [0.1, 0.15) is 18.0 Å². The van der Waals surface area contributed by atoms with Gasteiger partial charge in [0.25, 0.3) is 0 Å². The van der Waals surface area contributed by atoms with Crippen molar-refractivity contribution in [1.82, 2.24) is 9.97 Å². The number of ether oxygens (including phenoxy) is 1.